The second kappa shape index (κ2) is 4.46. The van der Waals surface area contributed by atoms with Crippen LogP contribution in [0.15, 0.2) is 30.3 Å². The van der Waals surface area contributed by atoms with Gasteiger partial charge in [0.1, 0.15) is 11.3 Å². The molecule has 0 atom stereocenters. The van der Waals surface area contributed by atoms with E-state index in [0.717, 1.165) is 37.1 Å². The van der Waals surface area contributed by atoms with Gasteiger partial charge in [0.05, 0.1) is 0 Å². The average molecular weight is 242 g/mol. The van der Waals surface area contributed by atoms with Crippen LogP contribution in [0.25, 0.3) is 10.9 Å². The van der Waals surface area contributed by atoms with Crippen LogP contribution in [0.3, 0.4) is 0 Å². The Kier molecular flexibility index (Phi) is 2.80. The predicted molar refractivity (Wildman–Crippen MR) is 71.3 cm³/mol. The molecule has 0 aliphatic carbocycles. The molecule has 4 heteroatoms. The van der Waals surface area contributed by atoms with E-state index < -0.39 is 0 Å². The molecule has 3 rings (SSSR count). The van der Waals surface area contributed by atoms with Crippen molar-refractivity contribution in [2.45, 2.75) is 18.9 Å². The lowest BCUT2D eigenvalue weighted by Crippen LogP contribution is -2.40. The minimum Gasteiger partial charge on any atom is -0.356 e. The Morgan fingerprint density at radius 2 is 1.94 bits per heavy atom. The summed E-state index contributed by atoms with van der Waals surface area (Å²) in [5.74, 6) is 0.876. The number of anilines is 1. The maximum Gasteiger partial charge on any atom is 0.204 e. The molecule has 1 radical (unpaired) electrons. The van der Waals surface area contributed by atoms with Gasteiger partial charge in [-0.3, -0.25) is 5.11 Å². The molecule has 0 bridgehead atoms. The molecular weight excluding hydrogens is 226 g/mol. The Hall–Kier alpha value is -1.81. The van der Waals surface area contributed by atoms with E-state index in [9.17, 15) is 5.11 Å². The van der Waals surface area contributed by atoms with Crippen molar-refractivity contribution in [3.63, 3.8) is 0 Å². The van der Waals surface area contributed by atoms with Gasteiger partial charge in [0.2, 0.25) is 5.75 Å². The molecule has 0 unspecified atom stereocenters. The second-order valence-electron chi connectivity index (χ2n) is 4.82. The summed E-state index contributed by atoms with van der Waals surface area (Å²) < 4.78 is 0. The minimum atomic E-state index is -0.0111. The highest BCUT2D eigenvalue weighted by atomic mass is 16.3. The number of hydrogen-bond acceptors (Lipinski definition) is 3. The quantitative estimate of drug-likeness (QED) is 0.834. The molecule has 18 heavy (non-hydrogen) atoms. The van der Waals surface area contributed by atoms with Crippen LogP contribution in [0.5, 0.6) is 5.75 Å². The first-order chi connectivity index (χ1) is 8.74. The predicted octanol–water partition coefficient (Wildman–Crippen LogP) is 2.31. The first kappa shape index (κ1) is 11.3. The molecule has 1 fully saturated rings. The number of para-hydroxylation sites is 1. The van der Waals surface area contributed by atoms with Gasteiger partial charge in [0.25, 0.3) is 0 Å². The van der Waals surface area contributed by atoms with E-state index in [1.165, 1.54) is 0 Å². The largest absolute Gasteiger partial charge is 0.356 e. The molecule has 1 saturated heterocycles. The molecule has 1 aromatic carbocycles. The Morgan fingerprint density at radius 3 is 2.72 bits per heavy atom. The monoisotopic (exact) mass is 242 g/mol. The summed E-state index contributed by atoms with van der Waals surface area (Å²) in [5.41, 5.74) is 6.45. The highest BCUT2D eigenvalue weighted by Gasteiger charge is 2.17. The number of nitrogens with zero attached hydrogens (tertiary/aromatic N) is 2. The van der Waals surface area contributed by atoms with Gasteiger partial charge in [-0.1, -0.05) is 12.1 Å². The summed E-state index contributed by atoms with van der Waals surface area (Å²) in [5, 5.41) is 12.7. The molecule has 0 saturated carbocycles. The van der Waals surface area contributed by atoms with Crippen LogP contribution in [0, 0.1) is 0 Å². The molecule has 2 aromatic rings. The van der Waals surface area contributed by atoms with Crippen molar-refractivity contribution in [2.24, 2.45) is 5.73 Å². The molecular formula is C14H16N3O. The van der Waals surface area contributed by atoms with E-state index in [2.05, 4.69) is 9.88 Å². The van der Waals surface area contributed by atoms with E-state index in [1.807, 2.05) is 18.2 Å². The highest BCUT2D eigenvalue weighted by molar-refractivity contribution is 5.85. The van der Waals surface area contributed by atoms with Crippen LogP contribution >= 0.6 is 0 Å². The zero-order valence-electron chi connectivity index (χ0n) is 10.2. The van der Waals surface area contributed by atoms with Crippen molar-refractivity contribution >= 4 is 16.7 Å². The van der Waals surface area contributed by atoms with Crippen LogP contribution in [0.1, 0.15) is 12.8 Å². The lowest BCUT2D eigenvalue weighted by molar-refractivity contribution is 0.359. The molecule has 0 spiro atoms. The summed E-state index contributed by atoms with van der Waals surface area (Å²) in [6.07, 6.45) is 1.97. The lowest BCUT2D eigenvalue weighted by Gasteiger charge is -2.31. The summed E-state index contributed by atoms with van der Waals surface area (Å²) in [6, 6.07) is 9.50. The first-order valence-corrected chi connectivity index (χ1v) is 6.31. The van der Waals surface area contributed by atoms with E-state index >= 15 is 0 Å². The van der Waals surface area contributed by atoms with E-state index in [1.54, 1.807) is 12.1 Å². The normalized spacial score (nSPS) is 17.3. The Labute approximate surface area is 106 Å². The number of nitrogens with two attached hydrogens (primary N) is 1. The number of fused-ring (bicyclic) bond motifs is 1. The number of benzene rings is 1. The molecule has 1 aliphatic rings. The first-order valence-electron chi connectivity index (χ1n) is 6.31. The maximum absolute atomic E-state index is 11.8. The van der Waals surface area contributed by atoms with Crippen LogP contribution in [-0.2, 0) is 5.11 Å². The van der Waals surface area contributed by atoms with Crippen molar-refractivity contribution in [1.29, 1.82) is 0 Å². The number of rotatable bonds is 1. The Bertz CT molecular complexity index is 562. The fourth-order valence-corrected chi connectivity index (χ4v) is 2.41. The molecule has 0 amide bonds. The fraction of sp³-hybridized carbons (Fsp3) is 0.357. The third-order valence-electron chi connectivity index (χ3n) is 3.53. The smallest absolute Gasteiger partial charge is 0.204 e. The van der Waals surface area contributed by atoms with Crippen LogP contribution in [-0.4, -0.2) is 24.1 Å². The second-order valence-corrected chi connectivity index (χ2v) is 4.82. The van der Waals surface area contributed by atoms with E-state index in [-0.39, 0.29) is 5.75 Å². The maximum atomic E-state index is 11.8. The van der Waals surface area contributed by atoms with Gasteiger partial charge in [-0.15, -0.1) is 0 Å². The van der Waals surface area contributed by atoms with Crippen LogP contribution in [0.4, 0.5) is 5.82 Å². The molecule has 4 nitrogen and oxygen atoms in total. The molecule has 93 valence electrons. The van der Waals surface area contributed by atoms with Crippen LogP contribution < -0.4 is 10.6 Å². The summed E-state index contributed by atoms with van der Waals surface area (Å²) in [4.78, 5) is 6.70. The van der Waals surface area contributed by atoms with Gasteiger partial charge in [0.15, 0.2) is 0 Å². The van der Waals surface area contributed by atoms with Crippen molar-refractivity contribution in [2.75, 3.05) is 18.0 Å². The zero-order chi connectivity index (χ0) is 12.5. The van der Waals surface area contributed by atoms with Gasteiger partial charge in [0, 0.05) is 24.5 Å². The zero-order valence-corrected chi connectivity index (χ0v) is 10.2. The van der Waals surface area contributed by atoms with Crippen molar-refractivity contribution in [3.05, 3.63) is 30.3 Å². The molecule has 1 aliphatic heterocycles. The SMILES string of the molecule is NC1CCN(c2ccc3cccc([O])c3n2)CC1. The number of pyridine rings is 1. The van der Waals surface area contributed by atoms with Gasteiger partial charge in [-0.05, 0) is 31.0 Å². The standard InChI is InChI=1S/C14H16N3O/c15-11-6-8-17(9-7-11)13-5-4-10-2-1-3-12(18)14(10)16-13/h1-5,11H,6-9,15H2. The third-order valence-corrected chi connectivity index (χ3v) is 3.53. The van der Waals surface area contributed by atoms with Gasteiger partial charge in [-0.2, -0.15) is 0 Å². The Morgan fingerprint density at radius 1 is 1.17 bits per heavy atom. The number of hydrogen-bond donors (Lipinski definition) is 1. The summed E-state index contributed by atoms with van der Waals surface area (Å²) >= 11 is 0. The van der Waals surface area contributed by atoms with Gasteiger partial charge in [-0.25, -0.2) is 4.98 Å². The fourth-order valence-electron chi connectivity index (χ4n) is 2.41. The summed E-state index contributed by atoms with van der Waals surface area (Å²) in [7, 11) is 0. The van der Waals surface area contributed by atoms with Crippen LogP contribution in [0.2, 0.25) is 0 Å². The highest BCUT2D eigenvalue weighted by Crippen LogP contribution is 2.26. The third kappa shape index (κ3) is 1.99. The average Bonchev–Trinajstić information content (AvgIpc) is 2.40. The van der Waals surface area contributed by atoms with E-state index in [0.29, 0.717) is 11.6 Å². The van der Waals surface area contributed by atoms with Crippen molar-refractivity contribution in [1.82, 2.24) is 4.98 Å². The minimum absolute atomic E-state index is 0.0111. The molecule has 1 aromatic heterocycles. The topological polar surface area (TPSA) is 62.0 Å². The molecule has 2 heterocycles. The van der Waals surface area contributed by atoms with Crippen molar-refractivity contribution < 1.29 is 5.11 Å². The van der Waals surface area contributed by atoms with Gasteiger partial charge >= 0.3 is 0 Å². The van der Waals surface area contributed by atoms with Gasteiger partial charge < -0.3 is 10.6 Å². The molecule has 2 N–H and O–H groups in total. The number of piperidine rings is 1. The number of aromatic nitrogens is 1. The Balaban J connectivity index is 1.95. The van der Waals surface area contributed by atoms with Crippen molar-refractivity contribution in [3.8, 4) is 5.75 Å². The van der Waals surface area contributed by atoms with E-state index in [4.69, 9.17) is 5.73 Å². The summed E-state index contributed by atoms with van der Waals surface area (Å²) in [6.45, 7) is 1.83. The lowest BCUT2D eigenvalue weighted by atomic mass is 10.1.